The molecule has 0 radical (unpaired) electrons. The third-order valence-corrected chi connectivity index (χ3v) is 11.5. The van der Waals surface area contributed by atoms with E-state index in [1.807, 2.05) is 0 Å². The summed E-state index contributed by atoms with van der Waals surface area (Å²) in [6.07, 6.45) is 72.4. The molecule has 0 aliphatic rings. The van der Waals surface area contributed by atoms with Crippen molar-refractivity contribution in [2.24, 2.45) is 0 Å². The Morgan fingerprint density at radius 2 is 0.537 bits per heavy atom. The minimum Gasteiger partial charge on any atom is -0.462 e. The van der Waals surface area contributed by atoms with E-state index in [0.717, 1.165) is 122 Å². The lowest BCUT2D eigenvalue weighted by Gasteiger charge is -2.18. The van der Waals surface area contributed by atoms with Crippen molar-refractivity contribution in [3.63, 3.8) is 0 Å². The van der Waals surface area contributed by atoms with Crippen LogP contribution < -0.4 is 0 Å². The van der Waals surface area contributed by atoms with Crippen LogP contribution in [0.15, 0.2) is 97.2 Å². The highest BCUT2D eigenvalue weighted by atomic mass is 16.6. The van der Waals surface area contributed by atoms with Crippen LogP contribution in [0.4, 0.5) is 0 Å². The molecule has 1 atom stereocenters. The van der Waals surface area contributed by atoms with Crippen molar-refractivity contribution in [2.75, 3.05) is 13.2 Å². The van der Waals surface area contributed by atoms with Gasteiger partial charge < -0.3 is 14.2 Å². The van der Waals surface area contributed by atoms with Gasteiger partial charge in [0.25, 0.3) is 0 Å². The first kappa shape index (κ1) is 63.3. The summed E-state index contributed by atoms with van der Waals surface area (Å²) in [6, 6.07) is 0. The fourth-order valence-electron chi connectivity index (χ4n) is 7.31. The molecule has 0 rings (SSSR count). The molecule has 382 valence electrons. The second kappa shape index (κ2) is 54.9. The number of ether oxygens (including phenoxy) is 3. The first-order valence-corrected chi connectivity index (χ1v) is 27.7. The number of unbranched alkanes of at least 4 members (excludes halogenated alkanes) is 22. The average molecular weight is 931 g/mol. The maximum absolute atomic E-state index is 12.8. The monoisotopic (exact) mass is 931 g/mol. The zero-order valence-electron chi connectivity index (χ0n) is 43.6. The Hall–Kier alpha value is -3.67. The van der Waals surface area contributed by atoms with Gasteiger partial charge >= 0.3 is 17.9 Å². The molecular formula is C61H102O6. The van der Waals surface area contributed by atoms with Crippen LogP contribution in [-0.2, 0) is 28.6 Å². The molecular weight excluding hydrogens is 829 g/mol. The lowest BCUT2D eigenvalue weighted by Crippen LogP contribution is -2.30. The van der Waals surface area contributed by atoms with Crippen molar-refractivity contribution in [3.05, 3.63) is 97.2 Å². The van der Waals surface area contributed by atoms with Gasteiger partial charge in [-0.15, -0.1) is 0 Å². The van der Waals surface area contributed by atoms with Crippen LogP contribution in [0, 0.1) is 0 Å². The normalized spacial score (nSPS) is 12.8. The highest BCUT2D eigenvalue weighted by molar-refractivity contribution is 5.71. The van der Waals surface area contributed by atoms with Crippen molar-refractivity contribution < 1.29 is 28.6 Å². The van der Waals surface area contributed by atoms with Gasteiger partial charge in [-0.1, -0.05) is 201 Å². The second-order valence-corrected chi connectivity index (χ2v) is 18.1. The zero-order valence-corrected chi connectivity index (χ0v) is 43.6. The van der Waals surface area contributed by atoms with Crippen LogP contribution in [0.5, 0.6) is 0 Å². The molecule has 0 fully saturated rings. The predicted molar refractivity (Wildman–Crippen MR) is 288 cm³/mol. The summed E-state index contributed by atoms with van der Waals surface area (Å²) in [7, 11) is 0. The van der Waals surface area contributed by atoms with Gasteiger partial charge in [0.15, 0.2) is 6.10 Å². The predicted octanol–water partition coefficient (Wildman–Crippen LogP) is 18.5. The molecule has 0 unspecified atom stereocenters. The summed E-state index contributed by atoms with van der Waals surface area (Å²) in [5, 5.41) is 0. The first-order valence-electron chi connectivity index (χ1n) is 27.7. The number of rotatable bonds is 49. The van der Waals surface area contributed by atoms with Gasteiger partial charge in [0.2, 0.25) is 0 Å². The minimum atomic E-state index is -0.807. The van der Waals surface area contributed by atoms with Crippen LogP contribution >= 0.6 is 0 Å². The number of esters is 3. The smallest absolute Gasteiger partial charge is 0.306 e. The van der Waals surface area contributed by atoms with E-state index in [1.54, 1.807) is 0 Å². The molecule has 0 aliphatic carbocycles. The van der Waals surface area contributed by atoms with E-state index in [9.17, 15) is 14.4 Å². The standard InChI is InChI=1S/C61H102O6/c1-4-7-10-13-16-19-22-25-27-29-30-32-33-36-39-42-45-48-51-54-60(63)66-57-58(56-65-59(62)53-50-47-44-41-38-35-24-21-18-15-12-9-6-3)67-61(64)55-52-49-46-43-40-37-34-31-28-26-23-20-17-14-11-8-5-2/h16-17,19-21,24-28,30,32,34,36-37,39,58H,4-15,18,22-23,29,31,33,35,38,40-57H2,1-3H3/b19-16-,20-17-,24-21-,27-25-,28-26-,32-30-,37-34-,39-36-/t58-/m0/s1. The van der Waals surface area contributed by atoms with E-state index in [-0.39, 0.29) is 31.1 Å². The summed E-state index contributed by atoms with van der Waals surface area (Å²) in [5.41, 5.74) is 0. The molecule has 0 amide bonds. The molecule has 0 aromatic carbocycles. The highest BCUT2D eigenvalue weighted by Crippen LogP contribution is 2.13. The highest BCUT2D eigenvalue weighted by Gasteiger charge is 2.19. The van der Waals surface area contributed by atoms with Gasteiger partial charge in [-0.25, -0.2) is 0 Å². The SMILES string of the molecule is CCCCC/C=C\C/C=C\C/C=C\C/C=C\CCCCCC(=O)OC[C@H](COC(=O)CCCCCCC/C=C\CCCCCC)OC(=O)CCCCCC/C=C\C/C=C\C/C=C\CCCCC. The van der Waals surface area contributed by atoms with E-state index >= 15 is 0 Å². The topological polar surface area (TPSA) is 78.9 Å². The van der Waals surface area contributed by atoms with Gasteiger partial charge in [0, 0.05) is 19.3 Å². The Kier molecular flexibility index (Phi) is 51.9. The number of hydrogen-bond acceptors (Lipinski definition) is 6. The van der Waals surface area contributed by atoms with Crippen molar-refractivity contribution in [1.29, 1.82) is 0 Å². The molecule has 67 heavy (non-hydrogen) atoms. The van der Waals surface area contributed by atoms with Gasteiger partial charge in [0.1, 0.15) is 13.2 Å². The number of carbonyl (C=O) groups excluding carboxylic acids is 3. The quantitative estimate of drug-likeness (QED) is 0.0262. The molecule has 0 spiro atoms. The fraction of sp³-hybridized carbons (Fsp3) is 0.689. The number of allylic oxidation sites excluding steroid dienone is 16. The molecule has 0 saturated heterocycles. The lowest BCUT2D eigenvalue weighted by atomic mass is 10.1. The Morgan fingerprint density at radius 3 is 0.896 bits per heavy atom. The molecule has 0 aliphatic heterocycles. The molecule has 0 bridgehead atoms. The van der Waals surface area contributed by atoms with Gasteiger partial charge in [-0.3, -0.25) is 14.4 Å². The Morgan fingerprint density at radius 1 is 0.299 bits per heavy atom. The Balaban J connectivity index is 4.50. The average Bonchev–Trinajstić information content (AvgIpc) is 3.33. The summed E-state index contributed by atoms with van der Waals surface area (Å²) < 4.78 is 16.8. The largest absolute Gasteiger partial charge is 0.462 e. The van der Waals surface area contributed by atoms with Crippen LogP contribution in [0.3, 0.4) is 0 Å². The number of carbonyl (C=O) groups is 3. The number of hydrogen-bond donors (Lipinski definition) is 0. The lowest BCUT2D eigenvalue weighted by molar-refractivity contribution is -0.167. The maximum Gasteiger partial charge on any atom is 0.306 e. The minimum absolute atomic E-state index is 0.102. The summed E-state index contributed by atoms with van der Waals surface area (Å²) in [6.45, 7) is 6.51. The van der Waals surface area contributed by atoms with Crippen molar-refractivity contribution >= 4 is 17.9 Å². The van der Waals surface area contributed by atoms with Crippen LogP contribution in [0.25, 0.3) is 0 Å². The van der Waals surface area contributed by atoms with Crippen LogP contribution in [0.1, 0.15) is 252 Å². The zero-order chi connectivity index (χ0) is 48.6. The van der Waals surface area contributed by atoms with E-state index in [2.05, 4.69) is 118 Å². The molecule has 0 aromatic rings. The van der Waals surface area contributed by atoms with E-state index in [0.29, 0.717) is 19.3 Å². The Labute approximate surface area is 413 Å². The summed E-state index contributed by atoms with van der Waals surface area (Å²) >= 11 is 0. The fourth-order valence-corrected chi connectivity index (χ4v) is 7.31. The van der Waals surface area contributed by atoms with E-state index in [4.69, 9.17) is 14.2 Å². The molecule has 0 saturated carbocycles. The molecule has 0 aromatic heterocycles. The summed E-state index contributed by atoms with van der Waals surface area (Å²) in [4.78, 5) is 38.1. The summed E-state index contributed by atoms with van der Waals surface area (Å²) in [5.74, 6) is -0.964. The third kappa shape index (κ3) is 53.2. The van der Waals surface area contributed by atoms with Gasteiger partial charge in [0.05, 0.1) is 0 Å². The van der Waals surface area contributed by atoms with E-state index in [1.165, 1.54) is 89.9 Å². The maximum atomic E-state index is 12.8. The molecule has 6 heteroatoms. The Bertz CT molecular complexity index is 1350. The van der Waals surface area contributed by atoms with Crippen molar-refractivity contribution in [1.82, 2.24) is 0 Å². The van der Waals surface area contributed by atoms with E-state index < -0.39 is 6.10 Å². The third-order valence-electron chi connectivity index (χ3n) is 11.5. The molecule has 0 N–H and O–H groups in total. The van der Waals surface area contributed by atoms with Crippen LogP contribution in [-0.4, -0.2) is 37.2 Å². The van der Waals surface area contributed by atoms with Crippen molar-refractivity contribution in [2.45, 2.75) is 258 Å². The molecule has 0 heterocycles. The van der Waals surface area contributed by atoms with Crippen molar-refractivity contribution in [3.8, 4) is 0 Å². The van der Waals surface area contributed by atoms with Gasteiger partial charge in [-0.05, 0) is 128 Å². The molecule has 6 nitrogen and oxygen atoms in total. The first-order chi connectivity index (χ1) is 33.0. The second-order valence-electron chi connectivity index (χ2n) is 18.1. The van der Waals surface area contributed by atoms with Gasteiger partial charge in [-0.2, -0.15) is 0 Å². The van der Waals surface area contributed by atoms with Crippen LogP contribution in [0.2, 0.25) is 0 Å².